The van der Waals surface area contributed by atoms with Crippen LogP contribution in [0.15, 0.2) is 48.5 Å². The van der Waals surface area contributed by atoms with Gasteiger partial charge in [-0.15, -0.1) is 0 Å². The Morgan fingerprint density at radius 1 is 0.828 bits per heavy atom. The summed E-state index contributed by atoms with van der Waals surface area (Å²) in [6, 6.07) is 17.9. The predicted octanol–water partition coefficient (Wildman–Crippen LogP) is 6.98. The molecule has 0 saturated carbocycles. The molecule has 0 aliphatic heterocycles. The molecule has 0 bridgehead atoms. The van der Waals surface area contributed by atoms with Crippen LogP contribution in [-0.4, -0.2) is 32.1 Å². The van der Waals surface area contributed by atoms with Crippen LogP contribution in [0.25, 0.3) is 0 Å². The molecule has 2 aromatic rings. The molecule has 0 N–H and O–H groups in total. The molecule has 0 aliphatic rings. The Hall–Kier alpha value is -0.820. The highest BCUT2D eigenvalue weighted by molar-refractivity contribution is 7.65. The standard InChI is InChI=1S/C24H36O3P2/c1-6-25-29(26-7-2)27-18-17-22(21-13-11-10-12-14-21)23-19-20(5)15-16-24(23)28(8-3)9-4/h10-16,19,22H,6-9,17-18H2,1-5H3. The van der Waals surface area contributed by atoms with Gasteiger partial charge < -0.3 is 13.6 Å². The first-order valence-corrected chi connectivity index (χ1v) is 13.5. The fraction of sp³-hybridized carbons (Fsp3) is 0.500. The molecule has 160 valence electrons. The summed E-state index contributed by atoms with van der Waals surface area (Å²) in [4.78, 5) is 0. The summed E-state index contributed by atoms with van der Waals surface area (Å²) in [6.07, 6.45) is 3.36. The van der Waals surface area contributed by atoms with Gasteiger partial charge >= 0.3 is 8.60 Å². The highest BCUT2D eigenvalue weighted by atomic mass is 31.2. The average molecular weight is 434 g/mol. The molecular weight excluding hydrogens is 398 g/mol. The zero-order valence-corrected chi connectivity index (χ0v) is 20.3. The van der Waals surface area contributed by atoms with Crippen LogP contribution in [0.4, 0.5) is 0 Å². The van der Waals surface area contributed by atoms with Crippen molar-refractivity contribution in [1.29, 1.82) is 0 Å². The van der Waals surface area contributed by atoms with Gasteiger partial charge in [0.2, 0.25) is 0 Å². The Balaban J connectivity index is 2.31. The molecule has 0 amide bonds. The topological polar surface area (TPSA) is 27.7 Å². The van der Waals surface area contributed by atoms with Gasteiger partial charge in [-0.3, -0.25) is 0 Å². The highest BCUT2D eigenvalue weighted by Crippen LogP contribution is 2.42. The maximum atomic E-state index is 6.01. The van der Waals surface area contributed by atoms with Crippen LogP contribution in [0.1, 0.15) is 56.7 Å². The molecular formula is C24H36O3P2. The van der Waals surface area contributed by atoms with Crippen molar-refractivity contribution < 1.29 is 13.6 Å². The lowest BCUT2D eigenvalue weighted by molar-refractivity contribution is 0.168. The van der Waals surface area contributed by atoms with E-state index in [1.165, 1.54) is 29.0 Å². The summed E-state index contributed by atoms with van der Waals surface area (Å²) < 4.78 is 17.2. The molecule has 5 heteroatoms. The molecule has 3 nitrogen and oxygen atoms in total. The van der Waals surface area contributed by atoms with E-state index in [0.29, 0.717) is 25.7 Å². The summed E-state index contributed by atoms with van der Waals surface area (Å²) >= 11 is 0. The molecule has 0 aliphatic carbocycles. The first kappa shape index (κ1) is 24.4. The lowest BCUT2D eigenvalue weighted by Gasteiger charge is -2.26. The van der Waals surface area contributed by atoms with Crippen molar-refractivity contribution in [3.63, 3.8) is 0 Å². The lowest BCUT2D eigenvalue weighted by atomic mass is 9.88. The second-order valence-corrected chi connectivity index (χ2v) is 10.9. The molecule has 0 radical (unpaired) electrons. The van der Waals surface area contributed by atoms with Crippen molar-refractivity contribution in [3.8, 4) is 0 Å². The Morgan fingerprint density at radius 3 is 2.07 bits per heavy atom. The minimum Gasteiger partial charge on any atom is -0.313 e. The van der Waals surface area contributed by atoms with E-state index in [-0.39, 0.29) is 7.92 Å². The third kappa shape index (κ3) is 7.42. The van der Waals surface area contributed by atoms with E-state index in [1.807, 2.05) is 13.8 Å². The molecule has 2 rings (SSSR count). The Kier molecular flexibility index (Phi) is 11.4. The van der Waals surface area contributed by atoms with Gasteiger partial charge in [-0.2, -0.15) is 0 Å². The first-order chi connectivity index (χ1) is 14.1. The van der Waals surface area contributed by atoms with E-state index < -0.39 is 8.60 Å². The smallest absolute Gasteiger partial charge is 0.313 e. The van der Waals surface area contributed by atoms with Gasteiger partial charge in [0.05, 0.1) is 19.8 Å². The second kappa shape index (κ2) is 13.5. The van der Waals surface area contributed by atoms with Gasteiger partial charge in [-0.1, -0.05) is 75.9 Å². The molecule has 1 unspecified atom stereocenters. The quantitative estimate of drug-likeness (QED) is 0.318. The summed E-state index contributed by atoms with van der Waals surface area (Å²) in [5.74, 6) is 0.314. The summed E-state index contributed by atoms with van der Waals surface area (Å²) in [5.41, 5.74) is 4.13. The molecule has 0 saturated heterocycles. The van der Waals surface area contributed by atoms with Gasteiger partial charge in [0, 0.05) is 5.92 Å². The number of benzene rings is 2. The zero-order valence-electron chi connectivity index (χ0n) is 18.6. The molecule has 0 heterocycles. The van der Waals surface area contributed by atoms with Crippen molar-refractivity contribution in [1.82, 2.24) is 0 Å². The van der Waals surface area contributed by atoms with Crippen molar-refractivity contribution in [2.45, 2.75) is 47.0 Å². The maximum absolute atomic E-state index is 6.01. The Morgan fingerprint density at radius 2 is 1.48 bits per heavy atom. The van der Waals surface area contributed by atoms with E-state index in [2.05, 4.69) is 69.3 Å². The van der Waals surface area contributed by atoms with Gasteiger partial charge in [0.25, 0.3) is 0 Å². The first-order valence-electron chi connectivity index (χ1n) is 10.7. The number of aryl methyl sites for hydroxylation is 1. The van der Waals surface area contributed by atoms with Gasteiger partial charge in [0.15, 0.2) is 0 Å². The maximum Gasteiger partial charge on any atom is 0.332 e. The van der Waals surface area contributed by atoms with Crippen LogP contribution in [0.5, 0.6) is 0 Å². The van der Waals surface area contributed by atoms with Crippen LogP contribution in [0.2, 0.25) is 0 Å². The van der Waals surface area contributed by atoms with Crippen molar-refractivity contribution in [3.05, 3.63) is 65.2 Å². The Labute approximate surface area is 179 Å². The van der Waals surface area contributed by atoms with E-state index in [4.69, 9.17) is 13.6 Å². The van der Waals surface area contributed by atoms with Gasteiger partial charge in [-0.25, -0.2) is 0 Å². The fourth-order valence-electron chi connectivity index (χ4n) is 3.56. The monoisotopic (exact) mass is 434 g/mol. The largest absolute Gasteiger partial charge is 0.332 e. The molecule has 1 atom stereocenters. The molecule has 2 aromatic carbocycles. The normalized spacial score (nSPS) is 12.7. The molecule has 0 aromatic heterocycles. The number of hydrogen-bond donors (Lipinski definition) is 0. The lowest BCUT2D eigenvalue weighted by Crippen LogP contribution is -2.17. The van der Waals surface area contributed by atoms with Crippen LogP contribution in [-0.2, 0) is 13.6 Å². The van der Waals surface area contributed by atoms with Gasteiger partial charge in [-0.05, 0) is 55.9 Å². The van der Waals surface area contributed by atoms with Crippen LogP contribution in [0.3, 0.4) is 0 Å². The van der Waals surface area contributed by atoms with E-state index in [0.717, 1.165) is 6.42 Å². The van der Waals surface area contributed by atoms with Gasteiger partial charge in [0.1, 0.15) is 0 Å². The highest BCUT2D eigenvalue weighted by Gasteiger charge is 2.22. The van der Waals surface area contributed by atoms with Crippen molar-refractivity contribution in [2.24, 2.45) is 0 Å². The van der Waals surface area contributed by atoms with Crippen LogP contribution < -0.4 is 5.30 Å². The molecule has 0 spiro atoms. The third-order valence-electron chi connectivity index (χ3n) is 4.94. The minimum atomic E-state index is -1.26. The third-order valence-corrected chi connectivity index (χ3v) is 8.88. The zero-order chi connectivity index (χ0) is 21.1. The van der Waals surface area contributed by atoms with E-state index in [1.54, 1.807) is 5.30 Å². The van der Waals surface area contributed by atoms with Crippen molar-refractivity contribution in [2.75, 3.05) is 32.1 Å². The average Bonchev–Trinajstić information content (AvgIpc) is 2.74. The van der Waals surface area contributed by atoms with Crippen LogP contribution in [0, 0.1) is 6.92 Å². The SMILES string of the molecule is CCOP(OCC)OCCC(c1ccccc1)c1cc(C)ccc1P(CC)CC. The van der Waals surface area contributed by atoms with E-state index in [9.17, 15) is 0 Å². The fourth-order valence-corrected chi connectivity index (χ4v) is 6.46. The Bertz CT molecular complexity index is 699. The predicted molar refractivity (Wildman–Crippen MR) is 128 cm³/mol. The molecule has 29 heavy (non-hydrogen) atoms. The van der Waals surface area contributed by atoms with E-state index >= 15 is 0 Å². The van der Waals surface area contributed by atoms with Crippen LogP contribution >= 0.6 is 16.5 Å². The summed E-state index contributed by atoms with van der Waals surface area (Å²) in [6.45, 7) is 12.6. The summed E-state index contributed by atoms with van der Waals surface area (Å²) in [5, 5.41) is 1.54. The second-order valence-electron chi connectivity index (χ2n) is 6.88. The number of hydrogen-bond acceptors (Lipinski definition) is 3. The summed E-state index contributed by atoms with van der Waals surface area (Å²) in [7, 11) is -1.39. The van der Waals surface area contributed by atoms with Crippen molar-refractivity contribution >= 4 is 21.8 Å². The minimum absolute atomic E-state index is 0.132. The molecule has 0 fully saturated rings. The number of rotatable bonds is 13.